The number of carbonyl (C=O) groups excluding carboxylic acids is 3. The maximum absolute atomic E-state index is 12.9. The van der Waals surface area contributed by atoms with Crippen LogP contribution in [0.3, 0.4) is 0 Å². The van der Waals surface area contributed by atoms with Crippen LogP contribution in [-0.4, -0.2) is 66.9 Å². The van der Waals surface area contributed by atoms with Crippen molar-refractivity contribution in [3.05, 3.63) is 0 Å². The summed E-state index contributed by atoms with van der Waals surface area (Å²) in [5, 5.41) is 2.92. The lowest BCUT2D eigenvalue weighted by atomic mass is 10.0. The van der Waals surface area contributed by atoms with Gasteiger partial charge in [-0.25, -0.2) is 4.79 Å². The molecule has 0 bridgehead atoms. The van der Waals surface area contributed by atoms with Gasteiger partial charge in [-0.3, -0.25) is 9.59 Å². The molecule has 0 spiro atoms. The van der Waals surface area contributed by atoms with Gasteiger partial charge in [0.05, 0.1) is 0 Å². The quantitative estimate of drug-likeness (QED) is 0.0370. The third kappa shape index (κ3) is 43.2. The Morgan fingerprint density at radius 2 is 0.770 bits per heavy atom. The molecule has 362 valence electrons. The van der Waals surface area contributed by atoms with Crippen LogP contribution < -0.4 is 5.32 Å². The fraction of sp³-hybridized carbons (Fsp3) is 0.943. The Morgan fingerprint density at radius 3 is 1.16 bits per heavy atom. The van der Waals surface area contributed by atoms with E-state index in [0.29, 0.717) is 19.4 Å². The van der Waals surface area contributed by atoms with Gasteiger partial charge < -0.3 is 24.4 Å². The lowest BCUT2D eigenvalue weighted by Gasteiger charge is -2.23. The van der Waals surface area contributed by atoms with Crippen LogP contribution in [0.1, 0.15) is 280 Å². The zero-order chi connectivity index (χ0) is 45.1. The van der Waals surface area contributed by atoms with E-state index in [9.17, 15) is 14.4 Å². The van der Waals surface area contributed by atoms with E-state index in [1.54, 1.807) is 0 Å². The van der Waals surface area contributed by atoms with Gasteiger partial charge in [0.25, 0.3) is 0 Å². The number of hydrogen-bond donors (Lipinski definition) is 1. The Morgan fingerprint density at radius 1 is 0.426 bits per heavy atom. The normalized spacial score (nSPS) is 12.3. The van der Waals surface area contributed by atoms with Gasteiger partial charge in [0.15, 0.2) is 0 Å². The Balaban J connectivity index is 4.59. The number of esters is 2. The highest BCUT2D eigenvalue weighted by atomic mass is 16.6. The molecule has 0 fully saturated rings. The first-order valence-electron chi connectivity index (χ1n) is 26.6. The number of nitrogens with one attached hydrogen (secondary N) is 1. The van der Waals surface area contributed by atoms with Gasteiger partial charge in [-0.05, 0) is 117 Å². The van der Waals surface area contributed by atoms with Crippen LogP contribution >= 0.6 is 0 Å². The molecule has 0 aromatic carbocycles. The first kappa shape index (κ1) is 59.2. The average Bonchev–Trinajstić information content (AvgIpc) is 3.21. The molecule has 0 heterocycles. The second kappa shape index (κ2) is 43.4. The molecule has 1 amide bonds. The predicted molar refractivity (Wildman–Crippen MR) is 259 cm³/mol. The largest absolute Gasteiger partial charge is 0.462 e. The Kier molecular flexibility index (Phi) is 42.1. The van der Waals surface area contributed by atoms with E-state index in [-0.39, 0.29) is 30.2 Å². The molecule has 1 unspecified atom stereocenters. The molecule has 0 aromatic heterocycles. The van der Waals surface area contributed by atoms with E-state index in [2.05, 4.69) is 37.9 Å². The number of amides is 1. The lowest BCUT2D eigenvalue weighted by molar-refractivity contribution is -0.151. The van der Waals surface area contributed by atoms with E-state index < -0.39 is 5.60 Å². The van der Waals surface area contributed by atoms with Crippen molar-refractivity contribution < 1.29 is 28.6 Å². The molecule has 0 saturated heterocycles. The van der Waals surface area contributed by atoms with Crippen molar-refractivity contribution >= 4 is 18.0 Å². The maximum atomic E-state index is 12.9. The summed E-state index contributed by atoms with van der Waals surface area (Å²) in [6.07, 6.45) is 40.7. The average molecular weight is 865 g/mol. The van der Waals surface area contributed by atoms with Crippen molar-refractivity contribution in [1.82, 2.24) is 10.2 Å². The number of nitrogens with zero attached hydrogens (tertiary/aromatic N) is 1. The number of unbranched alkanes of at least 4 members (excludes halogenated alkanes) is 23. The minimum absolute atomic E-state index is 0.00693. The highest BCUT2D eigenvalue weighted by molar-refractivity contribution is 5.69. The van der Waals surface area contributed by atoms with Crippen LogP contribution in [0.5, 0.6) is 0 Å². The monoisotopic (exact) mass is 865 g/mol. The van der Waals surface area contributed by atoms with Crippen LogP contribution in [0.2, 0.25) is 0 Å². The summed E-state index contributed by atoms with van der Waals surface area (Å²) in [7, 11) is 0. The molecular formula is C53H104N2O6. The van der Waals surface area contributed by atoms with Gasteiger partial charge >= 0.3 is 18.0 Å². The second-order valence-corrected chi connectivity index (χ2v) is 19.3. The molecule has 0 aromatic rings. The van der Waals surface area contributed by atoms with Gasteiger partial charge in [0, 0.05) is 19.4 Å². The first-order chi connectivity index (χ1) is 29.5. The topological polar surface area (TPSA) is 94.2 Å². The maximum Gasteiger partial charge on any atom is 0.407 e. The highest BCUT2D eigenvalue weighted by Crippen LogP contribution is 2.19. The molecule has 1 atom stereocenters. The number of carbonyl (C=O) groups is 3. The molecule has 0 rings (SSSR count). The molecule has 8 nitrogen and oxygen atoms in total. The van der Waals surface area contributed by atoms with E-state index >= 15 is 0 Å². The van der Waals surface area contributed by atoms with Crippen LogP contribution in [0.4, 0.5) is 4.79 Å². The Labute approximate surface area is 379 Å². The van der Waals surface area contributed by atoms with E-state index in [1.165, 1.54) is 109 Å². The molecule has 0 aliphatic heterocycles. The van der Waals surface area contributed by atoms with Gasteiger partial charge in [0.1, 0.15) is 17.8 Å². The second-order valence-electron chi connectivity index (χ2n) is 19.3. The molecule has 0 aliphatic carbocycles. The van der Waals surface area contributed by atoms with Crippen molar-refractivity contribution in [2.24, 2.45) is 0 Å². The summed E-state index contributed by atoms with van der Waals surface area (Å²) < 4.78 is 17.4. The molecule has 1 N–H and O–H groups in total. The smallest absolute Gasteiger partial charge is 0.407 e. The van der Waals surface area contributed by atoms with Gasteiger partial charge in [0.2, 0.25) is 0 Å². The van der Waals surface area contributed by atoms with Crippen LogP contribution in [0.25, 0.3) is 0 Å². The van der Waals surface area contributed by atoms with Gasteiger partial charge in [-0.2, -0.15) is 0 Å². The molecule has 61 heavy (non-hydrogen) atoms. The number of rotatable bonds is 45. The lowest BCUT2D eigenvalue weighted by Crippen LogP contribution is -2.35. The Hall–Kier alpha value is -1.83. The minimum Gasteiger partial charge on any atom is -0.462 e. The summed E-state index contributed by atoms with van der Waals surface area (Å²) >= 11 is 0. The molecule has 0 radical (unpaired) electrons. The summed E-state index contributed by atoms with van der Waals surface area (Å²) in [6.45, 7) is 18.3. The summed E-state index contributed by atoms with van der Waals surface area (Å²) in [6, 6.07) is 0. The Bertz CT molecular complexity index is 968. The molecule has 0 saturated carbocycles. The van der Waals surface area contributed by atoms with E-state index in [4.69, 9.17) is 14.2 Å². The fourth-order valence-electron chi connectivity index (χ4n) is 8.21. The standard InChI is InChI=1S/C53H104N2O6/c1-8-12-15-18-23-30-39-48(38-11-4)59-50(56)42-33-26-21-28-35-45-55(47-37-44-54-52(58)61-53(5,6)7)46-36-29-22-27-34-43-51(57)60-49(40-31-24-19-16-13-9-2)41-32-25-20-17-14-10-3/h48-49H,8-47H2,1-7H3,(H,54,58). The van der Waals surface area contributed by atoms with Crippen molar-refractivity contribution in [1.29, 1.82) is 0 Å². The van der Waals surface area contributed by atoms with Crippen molar-refractivity contribution in [2.75, 3.05) is 26.2 Å². The fourth-order valence-corrected chi connectivity index (χ4v) is 8.21. The zero-order valence-corrected chi connectivity index (χ0v) is 41.8. The number of hydrogen-bond acceptors (Lipinski definition) is 7. The third-order valence-corrected chi connectivity index (χ3v) is 11.9. The van der Waals surface area contributed by atoms with E-state index in [0.717, 1.165) is 129 Å². The van der Waals surface area contributed by atoms with Gasteiger partial charge in [-0.15, -0.1) is 0 Å². The first-order valence-corrected chi connectivity index (χ1v) is 26.6. The highest BCUT2D eigenvalue weighted by Gasteiger charge is 2.17. The summed E-state index contributed by atoms with van der Waals surface area (Å²) in [4.78, 5) is 40.2. The van der Waals surface area contributed by atoms with Gasteiger partial charge in [-0.1, -0.05) is 169 Å². The molecule has 8 heteroatoms. The van der Waals surface area contributed by atoms with Crippen molar-refractivity contribution in [3.8, 4) is 0 Å². The SMILES string of the molecule is CCCCCCCCC(CCC)OC(=O)CCCCCCCN(CCCCCCCC(=O)OC(CCCCCCCC)CCCCCCCC)CCCNC(=O)OC(C)(C)C. The third-order valence-electron chi connectivity index (χ3n) is 11.9. The number of ether oxygens (including phenoxy) is 3. The van der Waals surface area contributed by atoms with Crippen LogP contribution in [0, 0.1) is 0 Å². The zero-order valence-electron chi connectivity index (χ0n) is 41.8. The molecular weight excluding hydrogens is 761 g/mol. The van der Waals surface area contributed by atoms with Crippen molar-refractivity contribution in [3.63, 3.8) is 0 Å². The van der Waals surface area contributed by atoms with E-state index in [1.807, 2.05) is 20.8 Å². The number of alkyl carbamates (subject to hydrolysis) is 1. The summed E-state index contributed by atoms with van der Waals surface area (Å²) in [5.41, 5.74) is -0.496. The predicted octanol–water partition coefficient (Wildman–Crippen LogP) is 15.8. The summed E-state index contributed by atoms with van der Waals surface area (Å²) in [5.74, 6) is -0.00532. The van der Waals surface area contributed by atoms with Crippen LogP contribution in [0.15, 0.2) is 0 Å². The van der Waals surface area contributed by atoms with Crippen molar-refractivity contribution in [2.45, 2.75) is 297 Å². The molecule has 0 aliphatic rings. The van der Waals surface area contributed by atoms with Crippen LogP contribution in [-0.2, 0) is 23.8 Å². The minimum atomic E-state index is -0.496.